The van der Waals surface area contributed by atoms with Gasteiger partial charge in [-0.25, -0.2) is 9.38 Å². The fourth-order valence-corrected chi connectivity index (χ4v) is 5.66. The number of aliphatic imine (C=N–C) groups is 1. The van der Waals surface area contributed by atoms with Gasteiger partial charge in [-0.2, -0.15) is 10.4 Å². The van der Waals surface area contributed by atoms with Gasteiger partial charge in [0.25, 0.3) is 0 Å². The van der Waals surface area contributed by atoms with Crippen molar-refractivity contribution in [3.63, 3.8) is 0 Å². The second-order valence-corrected chi connectivity index (χ2v) is 9.76. The molecule has 1 saturated heterocycles. The first-order chi connectivity index (χ1) is 18.0. The largest absolute Gasteiger partial charge is 0.331 e. The molecule has 3 N–H and O–H groups in total. The lowest BCUT2D eigenvalue weighted by atomic mass is 9.91. The molecule has 0 bridgehead atoms. The molecular formula is C27H27FN8O. The van der Waals surface area contributed by atoms with Crippen molar-refractivity contribution in [2.45, 2.75) is 57.3 Å². The summed E-state index contributed by atoms with van der Waals surface area (Å²) in [5, 5.41) is 23.9. The van der Waals surface area contributed by atoms with Crippen LogP contribution >= 0.6 is 0 Å². The number of hydrogen-bond donors (Lipinski definition) is 3. The second kappa shape index (κ2) is 9.33. The molecule has 1 amide bonds. The standard InChI is InChI=1S/C27H27FN8O/c1-16-26(37)36(22-10-17(13-29)9-19(28)12-22)24-15-30-27(32-20-7-8-23-18(11-20)14-31-34-23)33-25(24)35(16)21-5-3-2-4-6-21/h7-12,14-16,21,25H,2-6H2,1H3,(H,31,34)(H2,30,32,33)/t16-,25?/m1/s1. The Hall–Kier alpha value is -4.23. The molecule has 2 aliphatic heterocycles. The molecule has 2 atom stereocenters. The predicted molar refractivity (Wildman–Crippen MR) is 139 cm³/mol. The van der Waals surface area contributed by atoms with Gasteiger partial charge in [0.1, 0.15) is 12.0 Å². The SMILES string of the molecule is C[C@@H]1C(=O)N(c2cc(F)cc(C#N)c2)C2=CNC(Nc3ccc4[nH]ncc4c3)=NC2N1C1CCCCC1. The van der Waals surface area contributed by atoms with Gasteiger partial charge in [0, 0.05) is 23.3 Å². The summed E-state index contributed by atoms with van der Waals surface area (Å²) < 4.78 is 14.4. The number of hydrogen-bond acceptors (Lipinski definition) is 7. The van der Waals surface area contributed by atoms with Crippen LogP contribution in [0, 0.1) is 17.1 Å². The van der Waals surface area contributed by atoms with Crippen molar-refractivity contribution in [3.05, 3.63) is 65.9 Å². The number of halogens is 1. The molecule has 1 saturated carbocycles. The molecule has 3 aliphatic rings. The molecule has 188 valence electrons. The van der Waals surface area contributed by atoms with Gasteiger partial charge in [0.05, 0.1) is 40.8 Å². The number of nitrogens with zero attached hydrogens (tertiary/aromatic N) is 5. The molecule has 9 nitrogen and oxygen atoms in total. The summed E-state index contributed by atoms with van der Waals surface area (Å²) in [5.74, 6) is -0.178. The number of guanidine groups is 1. The summed E-state index contributed by atoms with van der Waals surface area (Å²) in [5.41, 5.74) is 2.89. The minimum atomic E-state index is -0.564. The Morgan fingerprint density at radius 1 is 1.16 bits per heavy atom. The van der Waals surface area contributed by atoms with Crippen LogP contribution in [-0.2, 0) is 4.79 Å². The highest BCUT2D eigenvalue weighted by atomic mass is 19.1. The first-order valence-electron chi connectivity index (χ1n) is 12.6. The highest BCUT2D eigenvalue weighted by molar-refractivity contribution is 6.03. The molecule has 10 heteroatoms. The molecule has 1 aromatic heterocycles. The van der Waals surface area contributed by atoms with E-state index in [0.29, 0.717) is 17.3 Å². The predicted octanol–water partition coefficient (Wildman–Crippen LogP) is 4.18. The second-order valence-electron chi connectivity index (χ2n) is 9.76. The monoisotopic (exact) mass is 498 g/mol. The van der Waals surface area contributed by atoms with E-state index in [1.165, 1.54) is 17.4 Å². The molecule has 3 aromatic rings. The topological polar surface area (TPSA) is 112 Å². The Kier molecular flexibility index (Phi) is 5.85. The molecule has 0 spiro atoms. The average Bonchev–Trinajstić information content (AvgIpc) is 3.38. The number of fused-ring (bicyclic) bond motifs is 2. The van der Waals surface area contributed by atoms with Crippen molar-refractivity contribution in [2.24, 2.45) is 4.99 Å². The van der Waals surface area contributed by atoms with Crippen LogP contribution < -0.4 is 15.5 Å². The van der Waals surface area contributed by atoms with E-state index in [1.807, 2.05) is 31.2 Å². The minimum absolute atomic E-state index is 0.159. The number of piperazine rings is 1. The first kappa shape index (κ1) is 23.2. The molecule has 6 rings (SSSR count). The minimum Gasteiger partial charge on any atom is -0.331 e. The van der Waals surface area contributed by atoms with Gasteiger partial charge in [0.15, 0.2) is 0 Å². The Bertz CT molecular complexity index is 1460. The van der Waals surface area contributed by atoms with Crippen molar-refractivity contribution in [3.8, 4) is 6.07 Å². The van der Waals surface area contributed by atoms with Crippen LogP contribution in [0.25, 0.3) is 10.9 Å². The molecule has 1 unspecified atom stereocenters. The molecule has 3 heterocycles. The summed E-state index contributed by atoms with van der Waals surface area (Å²) in [6.07, 6.45) is 8.50. The van der Waals surface area contributed by atoms with E-state index in [2.05, 4.69) is 25.7 Å². The van der Waals surface area contributed by atoms with Crippen molar-refractivity contribution in [1.82, 2.24) is 20.4 Å². The van der Waals surface area contributed by atoms with Gasteiger partial charge < -0.3 is 10.6 Å². The van der Waals surface area contributed by atoms with Crippen LogP contribution in [0.4, 0.5) is 15.8 Å². The number of aromatic nitrogens is 2. The van der Waals surface area contributed by atoms with E-state index >= 15 is 0 Å². The van der Waals surface area contributed by atoms with E-state index in [0.717, 1.165) is 48.3 Å². The number of H-pyrrole nitrogens is 1. The lowest BCUT2D eigenvalue weighted by Gasteiger charge is -2.49. The number of benzene rings is 2. The maximum absolute atomic E-state index is 14.4. The zero-order chi connectivity index (χ0) is 25.5. The van der Waals surface area contributed by atoms with Crippen LogP contribution in [0.15, 0.2) is 59.5 Å². The molecule has 0 radical (unpaired) electrons. The fourth-order valence-electron chi connectivity index (χ4n) is 5.66. The van der Waals surface area contributed by atoms with Gasteiger partial charge >= 0.3 is 0 Å². The third kappa shape index (κ3) is 4.21. The summed E-state index contributed by atoms with van der Waals surface area (Å²) >= 11 is 0. The van der Waals surface area contributed by atoms with Crippen LogP contribution in [0.3, 0.4) is 0 Å². The lowest BCUT2D eigenvalue weighted by Crippen LogP contribution is -2.64. The number of rotatable bonds is 3. The summed E-state index contributed by atoms with van der Waals surface area (Å²) in [7, 11) is 0. The quantitative estimate of drug-likeness (QED) is 0.499. The van der Waals surface area contributed by atoms with Crippen LogP contribution in [0.2, 0.25) is 0 Å². The number of amides is 1. The maximum Gasteiger partial charge on any atom is 0.248 e. The van der Waals surface area contributed by atoms with Crippen molar-refractivity contribution >= 4 is 34.1 Å². The zero-order valence-corrected chi connectivity index (χ0v) is 20.4. The van der Waals surface area contributed by atoms with Crippen molar-refractivity contribution in [1.29, 1.82) is 5.26 Å². The van der Waals surface area contributed by atoms with Crippen molar-refractivity contribution < 1.29 is 9.18 Å². The number of anilines is 2. The molecule has 2 fully saturated rings. The molecule has 37 heavy (non-hydrogen) atoms. The van der Waals surface area contributed by atoms with Crippen LogP contribution in [-0.4, -0.2) is 45.2 Å². The van der Waals surface area contributed by atoms with E-state index in [9.17, 15) is 14.4 Å². The third-order valence-electron chi connectivity index (χ3n) is 7.41. The van der Waals surface area contributed by atoms with Gasteiger partial charge in [-0.15, -0.1) is 0 Å². The maximum atomic E-state index is 14.4. The number of nitriles is 1. The molecule has 2 aromatic carbocycles. The Morgan fingerprint density at radius 3 is 2.81 bits per heavy atom. The van der Waals surface area contributed by atoms with Gasteiger partial charge in [-0.05, 0) is 56.2 Å². The average molecular weight is 499 g/mol. The molecular weight excluding hydrogens is 471 g/mol. The number of carbonyl (C=O) groups is 1. The van der Waals surface area contributed by atoms with E-state index in [1.54, 1.807) is 18.5 Å². The van der Waals surface area contributed by atoms with Crippen LogP contribution in [0.5, 0.6) is 0 Å². The van der Waals surface area contributed by atoms with Gasteiger partial charge in [-0.1, -0.05) is 19.3 Å². The number of carbonyl (C=O) groups excluding carboxylic acids is 1. The van der Waals surface area contributed by atoms with Gasteiger partial charge in [0.2, 0.25) is 11.9 Å². The number of aromatic amines is 1. The van der Waals surface area contributed by atoms with E-state index in [4.69, 9.17) is 4.99 Å². The van der Waals surface area contributed by atoms with E-state index in [-0.39, 0.29) is 17.5 Å². The van der Waals surface area contributed by atoms with E-state index < -0.39 is 18.0 Å². The van der Waals surface area contributed by atoms with Gasteiger partial charge in [-0.3, -0.25) is 19.7 Å². The summed E-state index contributed by atoms with van der Waals surface area (Å²) in [6, 6.07) is 11.6. The summed E-state index contributed by atoms with van der Waals surface area (Å²) in [6.45, 7) is 1.89. The third-order valence-corrected chi connectivity index (χ3v) is 7.41. The normalized spacial score (nSPS) is 22.6. The fraction of sp³-hybridized carbons (Fsp3) is 0.333. The lowest BCUT2D eigenvalue weighted by molar-refractivity contribution is -0.127. The highest BCUT2D eigenvalue weighted by Gasteiger charge is 2.46. The number of nitrogens with one attached hydrogen (secondary N) is 3. The van der Waals surface area contributed by atoms with Crippen LogP contribution in [0.1, 0.15) is 44.6 Å². The Morgan fingerprint density at radius 2 is 2.00 bits per heavy atom. The molecule has 1 aliphatic carbocycles. The van der Waals surface area contributed by atoms with Crippen molar-refractivity contribution in [2.75, 3.05) is 10.2 Å². The smallest absolute Gasteiger partial charge is 0.248 e. The zero-order valence-electron chi connectivity index (χ0n) is 20.4. The Balaban J connectivity index is 1.38. The Labute approximate surface area is 213 Å². The first-order valence-corrected chi connectivity index (χ1v) is 12.6. The summed E-state index contributed by atoms with van der Waals surface area (Å²) in [4.78, 5) is 22.5. The highest BCUT2D eigenvalue weighted by Crippen LogP contribution is 2.37.